The van der Waals surface area contributed by atoms with E-state index >= 15 is 0 Å². The second-order valence-electron chi connectivity index (χ2n) is 10.2. The van der Waals surface area contributed by atoms with Crippen molar-refractivity contribution in [3.63, 3.8) is 0 Å². The maximum atomic E-state index is 14.5. The number of aryl methyl sites for hydroxylation is 1. The van der Waals surface area contributed by atoms with Gasteiger partial charge in [-0.25, -0.2) is 0 Å². The highest BCUT2D eigenvalue weighted by Gasteiger charge is 2.40. The van der Waals surface area contributed by atoms with Crippen molar-refractivity contribution in [2.75, 3.05) is 38.9 Å². The minimum absolute atomic E-state index is 0.00734. The molecule has 0 spiro atoms. The number of anilines is 1. The highest BCUT2D eigenvalue weighted by Crippen LogP contribution is 2.38. The summed E-state index contributed by atoms with van der Waals surface area (Å²) in [5.41, 5.74) is 3.01. The smallest absolute Gasteiger partial charge is 0.272 e. The van der Waals surface area contributed by atoms with Gasteiger partial charge in [-0.3, -0.25) is 14.5 Å². The lowest BCUT2D eigenvalue weighted by Gasteiger charge is -2.36. The van der Waals surface area contributed by atoms with Crippen molar-refractivity contribution in [3.05, 3.63) is 77.4 Å². The number of hydrogen-bond acceptors (Lipinski definition) is 7. The number of fused-ring (bicyclic) bond motifs is 1. The molecule has 0 aromatic heterocycles. The number of nitrogens with zero attached hydrogens (tertiary/aromatic N) is 1. The molecule has 0 bridgehead atoms. The summed E-state index contributed by atoms with van der Waals surface area (Å²) in [5, 5.41) is 3.05. The first kappa shape index (κ1) is 28.3. The molecule has 5 rings (SSSR count). The zero-order valence-corrected chi connectivity index (χ0v) is 23.8. The highest BCUT2D eigenvalue weighted by atomic mass is 16.6. The molecule has 1 fully saturated rings. The number of amides is 2. The van der Waals surface area contributed by atoms with Crippen LogP contribution in [0.5, 0.6) is 23.0 Å². The van der Waals surface area contributed by atoms with Crippen molar-refractivity contribution >= 4 is 17.5 Å². The SMILES string of the molecule is COc1ccc([C@H](C(=O)NC[C@@H]2CCCO2)N(C(=O)[C@H]2COc3ccccc3O2)c2cccc(C)c2C)cc1OC. The van der Waals surface area contributed by atoms with Gasteiger partial charge in [0.05, 0.1) is 20.3 Å². The van der Waals surface area contributed by atoms with Crippen molar-refractivity contribution in [1.82, 2.24) is 5.32 Å². The standard InChI is InChI=1S/C32H36N2O7/c1-20-9-7-11-24(21(20)2)34(32(36)29-19-40-26-12-5-6-13-27(26)41-29)30(31(35)33-18-23-10-8-16-39-23)22-14-15-25(37-3)28(17-22)38-4/h5-7,9,11-15,17,23,29-30H,8,10,16,18-19H2,1-4H3,(H,33,35)/t23-,29+,30+/m0/s1. The number of hydrogen-bond donors (Lipinski definition) is 1. The molecule has 0 radical (unpaired) electrons. The molecule has 9 nitrogen and oxygen atoms in total. The Bertz CT molecular complexity index is 1400. The fourth-order valence-corrected chi connectivity index (χ4v) is 5.23. The molecule has 3 aromatic carbocycles. The molecule has 1 saturated heterocycles. The molecule has 2 heterocycles. The van der Waals surface area contributed by atoms with Gasteiger partial charge in [-0.15, -0.1) is 0 Å². The second-order valence-corrected chi connectivity index (χ2v) is 10.2. The van der Waals surface area contributed by atoms with Crippen LogP contribution in [0.4, 0.5) is 5.69 Å². The van der Waals surface area contributed by atoms with Crippen LogP contribution in [0, 0.1) is 13.8 Å². The maximum absolute atomic E-state index is 14.5. The third kappa shape index (κ3) is 5.95. The average Bonchev–Trinajstić information content (AvgIpc) is 3.53. The number of para-hydroxylation sites is 2. The Kier molecular flexibility index (Phi) is 8.64. The minimum atomic E-state index is -1.05. The Hall–Kier alpha value is -4.24. The van der Waals surface area contributed by atoms with Gasteiger partial charge in [0.15, 0.2) is 23.0 Å². The van der Waals surface area contributed by atoms with Crippen LogP contribution < -0.4 is 29.2 Å². The summed E-state index contributed by atoms with van der Waals surface area (Å²) in [7, 11) is 3.08. The Morgan fingerprint density at radius 1 is 1.00 bits per heavy atom. The van der Waals surface area contributed by atoms with E-state index in [0.717, 1.165) is 24.0 Å². The lowest BCUT2D eigenvalue weighted by molar-refractivity contribution is -0.131. The molecule has 3 atom stereocenters. The van der Waals surface area contributed by atoms with Crippen LogP contribution in [-0.4, -0.2) is 58.0 Å². The molecule has 216 valence electrons. The second kappa shape index (κ2) is 12.5. The van der Waals surface area contributed by atoms with Gasteiger partial charge in [0, 0.05) is 18.8 Å². The molecule has 2 aliphatic heterocycles. The van der Waals surface area contributed by atoms with E-state index in [2.05, 4.69) is 5.32 Å². The molecule has 3 aromatic rings. The number of ether oxygens (including phenoxy) is 5. The van der Waals surface area contributed by atoms with Crippen LogP contribution in [0.3, 0.4) is 0 Å². The van der Waals surface area contributed by atoms with Gasteiger partial charge in [0.2, 0.25) is 12.0 Å². The summed E-state index contributed by atoms with van der Waals surface area (Å²) >= 11 is 0. The Labute approximate surface area is 240 Å². The first-order chi connectivity index (χ1) is 19.9. The molecule has 9 heteroatoms. The normalized spacial score (nSPS) is 18.3. The van der Waals surface area contributed by atoms with E-state index in [-0.39, 0.29) is 18.6 Å². The van der Waals surface area contributed by atoms with Crippen LogP contribution in [-0.2, 0) is 14.3 Å². The predicted molar refractivity (Wildman–Crippen MR) is 154 cm³/mol. The van der Waals surface area contributed by atoms with Crippen molar-refractivity contribution in [2.45, 2.75) is 44.9 Å². The first-order valence-corrected chi connectivity index (χ1v) is 13.8. The van der Waals surface area contributed by atoms with Gasteiger partial charge >= 0.3 is 0 Å². The van der Waals surface area contributed by atoms with Gasteiger partial charge < -0.3 is 29.0 Å². The topological polar surface area (TPSA) is 95.6 Å². The van der Waals surface area contributed by atoms with E-state index in [0.29, 0.717) is 47.4 Å². The van der Waals surface area contributed by atoms with E-state index in [1.165, 1.54) is 12.0 Å². The van der Waals surface area contributed by atoms with Crippen LogP contribution in [0.25, 0.3) is 0 Å². The lowest BCUT2D eigenvalue weighted by Crippen LogP contribution is -2.52. The Balaban J connectivity index is 1.60. The summed E-state index contributed by atoms with van der Waals surface area (Å²) in [6.45, 7) is 4.93. The monoisotopic (exact) mass is 560 g/mol. The predicted octanol–water partition coefficient (Wildman–Crippen LogP) is 4.53. The third-order valence-corrected chi connectivity index (χ3v) is 7.61. The van der Waals surface area contributed by atoms with Crippen LogP contribution >= 0.6 is 0 Å². The molecule has 0 unspecified atom stereocenters. The zero-order valence-electron chi connectivity index (χ0n) is 23.8. The molecule has 0 saturated carbocycles. The fraction of sp³-hybridized carbons (Fsp3) is 0.375. The Morgan fingerprint density at radius 2 is 1.78 bits per heavy atom. The third-order valence-electron chi connectivity index (χ3n) is 7.61. The maximum Gasteiger partial charge on any atom is 0.272 e. The molecule has 1 N–H and O–H groups in total. The number of rotatable bonds is 9. The lowest BCUT2D eigenvalue weighted by atomic mass is 9.99. The van der Waals surface area contributed by atoms with E-state index in [4.69, 9.17) is 23.7 Å². The van der Waals surface area contributed by atoms with Gasteiger partial charge in [0.1, 0.15) is 12.6 Å². The fourth-order valence-electron chi connectivity index (χ4n) is 5.23. The van der Waals surface area contributed by atoms with Crippen LogP contribution in [0.2, 0.25) is 0 Å². The van der Waals surface area contributed by atoms with Crippen molar-refractivity contribution < 1.29 is 33.3 Å². The van der Waals surface area contributed by atoms with Crippen LogP contribution in [0.15, 0.2) is 60.7 Å². The molecule has 0 aliphatic carbocycles. The molecular formula is C32H36N2O7. The first-order valence-electron chi connectivity index (χ1n) is 13.8. The van der Waals surface area contributed by atoms with E-state index in [1.807, 2.05) is 44.2 Å². The summed E-state index contributed by atoms with van der Waals surface area (Å²) < 4.78 is 28.8. The van der Waals surface area contributed by atoms with Crippen molar-refractivity contribution in [2.24, 2.45) is 0 Å². The number of carbonyl (C=O) groups is 2. The minimum Gasteiger partial charge on any atom is -0.493 e. The van der Waals surface area contributed by atoms with E-state index in [1.54, 1.807) is 37.4 Å². The number of carbonyl (C=O) groups excluding carboxylic acids is 2. The zero-order chi connectivity index (χ0) is 28.9. The average molecular weight is 561 g/mol. The van der Waals surface area contributed by atoms with E-state index in [9.17, 15) is 9.59 Å². The van der Waals surface area contributed by atoms with Crippen molar-refractivity contribution in [1.29, 1.82) is 0 Å². The van der Waals surface area contributed by atoms with E-state index < -0.39 is 18.1 Å². The Morgan fingerprint density at radius 3 is 2.51 bits per heavy atom. The number of nitrogens with one attached hydrogen (secondary N) is 1. The van der Waals surface area contributed by atoms with Crippen LogP contribution in [0.1, 0.15) is 35.6 Å². The quantitative estimate of drug-likeness (QED) is 0.411. The summed E-state index contributed by atoms with van der Waals surface area (Å²) in [5.74, 6) is 1.25. The number of methoxy groups -OCH3 is 2. The van der Waals surface area contributed by atoms with Gasteiger partial charge in [-0.2, -0.15) is 0 Å². The van der Waals surface area contributed by atoms with Gasteiger partial charge in [0.25, 0.3) is 5.91 Å². The van der Waals surface area contributed by atoms with Crippen molar-refractivity contribution in [3.8, 4) is 23.0 Å². The largest absolute Gasteiger partial charge is 0.493 e. The highest BCUT2D eigenvalue weighted by molar-refractivity contribution is 6.04. The van der Waals surface area contributed by atoms with Gasteiger partial charge in [-0.05, 0) is 73.7 Å². The molecule has 41 heavy (non-hydrogen) atoms. The molecule has 2 aliphatic rings. The summed E-state index contributed by atoms with van der Waals surface area (Å²) in [4.78, 5) is 30.2. The number of benzene rings is 3. The summed E-state index contributed by atoms with van der Waals surface area (Å²) in [6.07, 6.45) is 0.778. The molecular weight excluding hydrogens is 524 g/mol. The summed E-state index contributed by atoms with van der Waals surface area (Å²) in [6, 6.07) is 17.1. The van der Waals surface area contributed by atoms with Gasteiger partial charge in [-0.1, -0.05) is 30.3 Å². The molecule has 2 amide bonds.